The predicted molar refractivity (Wildman–Crippen MR) is 69.1 cm³/mol. The maximum absolute atomic E-state index is 4.34. The average molecular weight is 253 g/mol. The second-order valence-electron chi connectivity index (χ2n) is 3.65. The number of aromatic nitrogens is 2. The second kappa shape index (κ2) is 5.52. The van der Waals surface area contributed by atoms with Crippen LogP contribution < -0.4 is 5.32 Å². The van der Waals surface area contributed by atoms with Gasteiger partial charge in [0.1, 0.15) is 0 Å². The van der Waals surface area contributed by atoms with Gasteiger partial charge in [-0.25, -0.2) is 9.97 Å². The van der Waals surface area contributed by atoms with Gasteiger partial charge in [-0.05, 0) is 13.8 Å². The van der Waals surface area contributed by atoms with Crippen LogP contribution in [-0.4, -0.2) is 16.5 Å². The van der Waals surface area contributed by atoms with Gasteiger partial charge < -0.3 is 5.32 Å². The first kappa shape index (κ1) is 11.7. The van der Waals surface area contributed by atoms with Gasteiger partial charge in [0.25, 0.3) is 0 Å². The lowest BCUT2D eigenvalue weighted by molar-refractivity contribution is 0.688. The first-order valence-corrected chi connectivity index (χ1v) is 6.96. The summed E-state index contributed by atoms with van der Waals surface area (Å²) in [5.74, 6) is 0. The number of hydrogen-bond donors (Lipinski definition) is 1. The summed E-state index contributed by atoms with van der Waals surface area (Å²) in [6, 6.07) is 0. The lowest BCUT2D eigenvalue weighted by Gasteiger charge is -2.01. The van der Waals surface area contributed by atoms with Gasteiger partial charge in [0.05, 0.1) is 16.2 Å². The zero-order valence-corrected chi connectivity index (χ0v) is 11.1. The SMILES string of the molecule is Cc1cnc(CCNCc2scnc2C)s1. The van der Waals surface area contributed by atoms with Crippen molar-refractivity contribution in [2.75, 3.05) is 6.54 Å². The molecule has 0 fully saturated rings. The van der Waals surface area contributed by atoms with Crippen molar-refractivity contribution in [1.29, 1.82) is 0 Å². The molecule has 0 aromatic carbocycles. The van der Waals surface area contributed by atoms with E-state index in [0.717, 1.165) is 25.2 Å². The summed E-state index contributed by atoms with van der Waals surface area (Å²) in [6.45, 7) is 6.04. The Morgan fingerprint density at radius 2 is 2.19 bits per heavy atom. The Hall–Kier alpha value is -0.780. The van der Waals surface area contributed by atoms with E-state index < -0.39 is 0 Å². The van der Waals surface area contributed by atoms with Crippen LogP contribution in [0.25, 0.3) is 0 Å². The Morgan fingerprint density at radius 1 is 1.31 bits per heavy atom. The third-order valence-electron chi connectivity index (χ3n) is 2.32. The molecule has 1 N–H and O–H groups in total. The van der Waals surface area contributed by atoms with Crippen molar-refractivity contribution < 1.29 is 0 Å². The van der Waals surface area contributed by atoms with E-state index >= 15 is 0 Å². The molecule has 0 saturated carbocycles. The minimum absolute atomic E-state index is 0.918. The molecule has 0 atom stereocenters. The minimum atomic E-state index is 0.918. The van der Waals surface area contributed by atoms with E-state index in [0.29, 0.717) is 0 Å². The van der Waals surface area contributed by atoms with Crippen molar-refractivity contribution in [2.45, 2.75) is 26.8 Å². The van der Waals surface area contributed by atoms with Crippen LogP contribution in [0, 0.1) is 13.8 Å². The highest BCUT2D eigenvalue weighted by molar-refractivity contribution is 7.11. The fourth-order valence-electron chi connectivity index (χ4n) is 1.41. The smallest absolute Gasteiger partial charge is 0.0940 e. The van der Waals surface area contributed by atoms with E-state index in [1.54, 1.807) is 22.7 Å². The zero-order chi connectivity index (χ0) is 11.4. The van der Waals surface area contributed by atoms with E-state index in [4.69, 9.17) is 0 Å². The molecule has 5 heteroatoms. The molecule has 0 bridgehead atoms. The third-order valence-corrected chi connectivity index (χ3v) is 4.22. The second-order valence-corrected chi connectivity index (χ2v) is 5.91. The highest BCUT2D eigenvalue weighted by atomic mass is 32.1. The quantitative estimate of drug-likeness (QED) is 0.832. The van der Waals surface area contributed by atoms with E-state index in [-0.39, 0.29) is 0 Å². The Balaban J connectivity index is 1.71. The summed E-state index contributed by atoms with van der Waals surface area (Å²) in [5.41, 5.74) is 3.04. The maximum Gasteiger partial charge on any atom is 0.0940 e. The van der Waals surface area contributed by atoms with Gasteiger partial charge in [0.15, 0.2) is 0 Å². The number of nitrogens with one attached hydrogen (secondary N) is 1. The molecule has 0 spiro atoms. The summed E-state index contributed by atoms with van der Waals surface area (Å²) in [6.07, 6.45) is 2.95. The van der Waals surface area contributed by atoms with Gasteiger partial charge in [-0.1, -0.05) is 0 Å². The molecule has 2 rings (SSSR count). The number of nitrogens with zero attached hydrogens (tertiary/aromatic N) is 2. The fraction of sp³-hybridized carbons (Fsp3) is 0.455. The highest BCUT2D eigenvalue weighted by Gasteiger charge is 2.01. The fourth-order valence-corrected chi connectivity index (χ4v) is 2.94. The normalized spacial score (nSPS) is 10.9. The van der Waals surface area contributed by atoms with E-state index in [1.807, 2.05) is 11.7 Å². The lowest BCUT2D eigenvalue weighted by Crippen LogP contribution is -2.16. The largest absolute Gasteiger partial charge is 0.311 e. The molecule has 0 aliphatic carbocycles. The van der Waals surface area contributed by atoms with Crippen molar-refractivity contribution in [3.05, 3.63) is 32.2 Å². The predicted octanol–water partition coefficient (Wildman–Crippen LogP) is 2.55. The summed E-state index contributed by atoms with van der Waals surface area (Å²) < 4.78 is 0. The topological polar surface area (TPSA) is 37.8 Å². The minimum Gasteiger partial charge on any atom is -0.311 e. The van der Waals surface area contributed by atoms with Gasteiger partial charge in [0, 0.05) is 35.5 Å². The number of hydrogen-bond acceptors (Lipinski definition) is 5. The summed E-state index contributed by atoms with van der Waals surface area (Å²) >= 11 is 3.49. The molecular weight excluding hydrogens is 238 g/mol. The van der Waals surface area contributed by atoms with E-state index in [9.17, 15) is 0 Å². The molecule has 86 valence electrons. The van der Waals surface area contributed by atoms with Gasteiger partial charge >= 0.3 is 0 Å². The maximum atomic E-state index is 4.34. The van der Waals surface area contributed by atoms with Gasteiger partial charge in [0.2, 0.25) is 0 Å². The Bertz CT molecular complexity index is 448. The third kappa shape index (κ3) is 3.10. The van der Waals surface area contributed by atoms with E-state index in [2.05, 4.69) is 29.1 Å². The van der Waals surface area contributed by atoms with Crippen LogP contribution in [0.15, 0.2) is 11.7 Å². The standard InChI is InChI=1S/C11H15N3S2/c1-8-5-13-11(16-8)3-4-12-6-10-9(2)14-7-15-10/h5,7,12H,3-4,6H2,1-2H3. The van der Waals surface area contributed by atoms with Crippen LogP contribution >= 0.6 is 22.7 Å². The van der Waals surface area contributed by atoms with Crippen LogP contribution in [0.2, 0.25) is 0 Å². The van der Waals surface area contributed by atoms with Gasteiger partial charge in [-0.3, -0.25) is 0 Å². The molecule has 16 heavy (non-hydrogen) atoms. The summed E-state index contributed by atoms with van der Waals surface area (Å²) in [4.78, 5) is 11.2. The highest BCUT2D eigenvalue weighted by Crippen LogP contribution is 2.12. The van der Waals surface area contributed by atoms with Crippen LogP contribution in [0.4, 0.5) is 0 Å². The number of aryl methyl sites for hydroxylation is 2. The molecule has 0 aliphatic heterocycles. The summed E-state index contributed by atoms with van der Waals surface area (Å²) in [5, 5.41) is 4.64. The average Bonchev–Trinajstić information content (AvgIpc) is 2.83. The number of thiazole rings is 2. The monoisotopic (exact) mass is 253 g/mol. The molecule has 0 saturated heterocycles. The number of rotatable bonds is 5. The molecule has 3 nitrogen and oxygen atoms in total. The molecule has 2 heterocycles. The Kier molecular flexibility index (Phi) is 4.04. The summed E-state index contributed by atoms with van der Waals surface area (Å²) in [7, 11) is 0. The molecule has 0 amide bonds. The Labute approximate surface area is 104 Å². The van der Waals surface area contributed by atoms with Crippen molar-refractivity contribution in [2.24, 2.45) is 0 Å². The van der Waals surface area contributed by atoms with Crippen molar-refractivity contribution in [3.63, 3.8) is 0 Å². The lowest BCUT2D eigenvalue weighted by atomic mass is 10.4. The van der Waals surface area contributed by atoms with Crippen LogP contribution in [0.5, 0.6) is 0 Å². The van der Waals surface area contributed by atoms with Crippen LogP contribution in [-0.2, 0) is 13.0 Å². The van der Waals surface area contributed by atoms with Gasteiger partial charge in [-0.2, -0.15) is 0 Å². The zero-order valence-electron chi connectivity index (χ0n) is 9.49. The Morgan fingerprint density at radius 3 is 2.81 bits per heavy atom. The molecule has 0 radical (unpaired) electrons. The molecule has 0 unspecified atom stereocenters. The molecule has 2 aromatic rings. The van der Waals surface area contributed by atoms with Gasteiger partial charge in [-0.15, -0.1) is 22.7 Å². The van der Waals surface area contributed by atoms with E-state index in [1.165, 1.54) is 14.8 Å². The van der Waals surface area contributed by atoms with Crippen molar-refractivity contribution in [3.8, 4) is 0 Å². The first-order valence-electron chi connectivity index (χ1n) is 5.26. The first-order chi connectivity index (χ1) is 7.75. The van der Waals surface area contributed by atoms with Crippen LogP contribution in [0.1, 0.15) is 20.5 Å². The molecule has 0 aliphatic rings. The molecular formula is C11H15N3S2. The van der Waals surface area contributed by atoms with Crippen molar-refractivity contribution >= 4 is 22.7 Å². The molecule has 2 aromatic heterocycles. The van der Waals surface area contributed by atoms with Crippen LogP contribution in [0.3, 0.4) is 0 Å². The van der Waals surface area contributed by atoms with Crippen molar-refractivity contribution in [1.82, 2.24) is 15.3 Å².